The fourth-order valence-electron chi connectivity index (χ4n) is 3.43. The fourth-order valence-corrected chi connectivity index (χ4v) is 3.67. The number of halogens is 1. The van der Waals surface area contributed by atoms with Crippen molar-refractivity contribution < 1.29 is 0 Å². The van der Waals surface area contributed by atoms with Crippen LogP contribution in [0.2, 0.25) is 5.02 Å². The van der Waals surface area contributed by atoms with Crippen molar-refractivity contribution in [3.8, 4) is 0 Å². The zero-order valence-corrected chi connectivity index (χ0v) is 14.6. The Morgan fingerprint density at radius 2 is 2.17 bits per heavy atom. The highest BCUT2D eigenvalue weighted by Gasteiger charge is 2.23. The molecule has 2 unspecified atom stereocenters. The van der Waals surface area contributed by atoms with E-state index in [1.54, 1.807) is 0 Å². The molecule has 23 heavy (non-hydrogen) atoms. The number of likely N-dealkylation sites (tertiary alicyclic amines) is 1. The molecule has 124 valence electrons. The third-order valence-corrected chi connectivity index (χ3v) is 5.01. The van der Waals surface area contributed by atoms with Crippen LogP contribution < -0.4 is 5.32 Å². The second-order valence-corrected chi connectivity index (χ2v) is 6.94. The summed E-state index contributed by atoms with van der Waals surface area (Å²) in [4.78, 5) is 6.96. The molecular formula is C18H25ClN4. The zero-order valence-electron chi connectivity index (χ0n) is 13.9. The van der Waals surface area contributed by atoms with E-state index in [0.717, 1.165) is 29.5 Å². The van der Waals surface area contributed by atoms with Gasteiger partial charge in [-0.25, -0.2) is 4.98 Å². The van der Waals surface area contributed by atoms with Gasteiger partial charge in [-0.1, -0.05) is 29.8 Å². The number of imidazole rings is 1. The first-order valence-electron chi connectivity index (χ1n) is 8.28. The SMILES string of the molecule is CN1CCCC(CNC(c2ccccc2Cl)c2nccn2C)C1. The Morgan fingerprint density at radius 1 is 1.35 bits per heavy atom. The maximum absolute atomic E-state index is 6.45. The molecule has 0 amide bonds. The number of nitrogens with zero attached hydrogens (tertiary/aromatic N) is 3. The number of piperidine rings is 1. The fraction of sp³-hybridized carbons (Fsp3) is 0.500. The summed E-state index contributed by atoms with van der Waals surface area (Å²) in [5.74, 6) is 1.68. The number of hydrogen-bond donors (Lipinski definition) is 1. The summed E-state index contributed by atoms with van der Waals surface area (Å²) >= 11 is 6.45. The Balaban J connectivity index is 1.79. The Hall–Kier alpha value is -1.36. The minimum Gasteiger partial charge on any atom is -0.336 e. The van der Waals surface area contributed by atoms with E-state index in [9.17, 15) is 0 Å². The Bertz CT molecular complexity index is 639. The zero-order chi connectivity index (χ0) is 16.2. The van der Waals surface area contributed by atoms with Gasteiger partial charge in [0.25, 0.3) is 0 Å². The minimum atomic E-state index is 0.0240. The van der Waals surface area contributed by atoms with Crippen molar-refractivity contribution in [2.24, 2.45) is 13.0 Å². The third kappa shape index (κ3) is 3.94. The Labute approximate surface area is 143 Å². The first-order chi connectivity index (χ1) is 11.1. The molecule has 5 heteroatoms. The molecule has 2 atom stereocenters. The predicted octanol–water partition coefficient (Wildman–Crippen LogP) is 3.09. The van der Waals surface area contributed by atoms with Gasteiger partial charge in [0.1, 0.15) is 5.82 Å². The lowest BCUT2D eigenvalue weighted by atomic mass is 9.97. The third-order valence-electron chi connectivity index (χ3n) is 4.67. The van der Waals surface area contributed by atoms with E-state index < -0.39 is 0 Å². The second kappa shape index (κ2) is 7.47. The average Bonchev–Trinajstić information content (AvgIpc) is 2.95. The molecular weight excluding hydrogens is 308 g/mol. The van der Waals surface area contributed by atoms with Gasteiger partial charge in [-0.05, 0) is 44.0 Å². The summed E-state index contributed by atoms with van der Waals surface area (Å²) in [6.07, 6.45) is 6.39. The Kier molecular flexibility index (Phi) is 5.36. The first-order valence-corrected chi connectivity index (χ1v) is 8.66. The number of aromatic nitrogens is 2. The average molecular weight is 333 g/mol. The molecule has 4 nitrogen and oxygen atoms in total. The van der Waals surface area contributed by atoms with Crippen LogP contribution in [0.4, 0.5) is 0 Å². The van der Waals surface area contributed by atoms with E-state index in [1.807, 2.05) is 37.6 Å². The standard InChI is InChI=1S/C18H25ClN4/c1-22-10-5-6-14(13-22)12-21-17(18-20-9-11-23(18)2)15-7-3-4-8-16(15)19/h3-4,7-9,11,14,17,21H,5-6,10,12-13H2,1-2H3. The highest BCUT2D eigenvalue weighted by atomic mass is 35.5. The van der Waals surface area contributed by atoms with Gasteiger partial charge < -0.3 is 14.8 Å². The second-order valence-electron chi connectivity index (χ2n) is 6.53. The van der Waals surface area contributed by atoms with Crippen molar-refractivity contribution in [3.63, 3.8) is 0 Å². The number of benzene rings is 1. The largest absolute Gasteiger partial charge is 0.336 e. The van der Waals surface area contributed by atoms with Gasteiger partial charge in [0, 0.05) is 37.6 Å². The summed E-state index contributed by atoms with van der Waals surface area (Å²) in [5, 5.41) is 4.50. The van der Waals surface area contributed by atoms with Crippen molar-refractivity contribution in [2.75, 3.05) is 26.7 Å². The van der Waals surface area contributed by atoms with Gasteiger partial charge in [-0.3, -0.25) is 0 Å². The van der Waals surface area contributed by atoms with E-state index in [1.165, 1.54) is 19.4 Å². The predicted molar refractivity (Wildman–Crippen MR) is 94.7 cm³/mol. The summed E-state index contributed by atoms with van der Waals surface area (Å²) in [6.45, 7) is 3.35. The van der Waals surface area contributed by atoms with Crippen LogP contribution in [0, 0.1) is 5.92 Å². The van der Waals surface area contributed by atoms with Gasteiger partial charge in [0.15, 0.2) is 0 Å². The Morgan fingerprint density at radius 3 is 2.87 bits per heavy atom. The number of hydrogen-bond acceptors (Lipinski definition) is 3. The summed E-state index contributed by atoms with van der Waals surface area (Å²) in [7, 11) is 4.23. The van der Waals surface area contributed by atoms with Crippen LogP contribution in [0.15, 0.2) is 36.7 Å². The monoisotopic (exact) mass is 332 g/mol. The lowest BCUT2D eigenvalue weighted by Gasteiger charge is -2.31. The number of aryl methyl sites for hydroxylation is 1. The van der Waals surface area contributed by atoms with Gasteiger partial charge in [0.05, 0.1) is 6.04 Å². The number of nitrogens with one attached hydrogen (secondary N) is 1. The van der Waals surface area contributed by atoms with Gasteiger partial charge in [-0.2, -0.15) is 0 Å². The molecule has 2 aromatic rings. The lowest BCUT2D eigenvalue weighted by Crippen LogP contribution is -2.39. The minimum absolute atomic E-state index is 0.0240. The molecule has 0 bridgehead atoms. The van der Waals surface area contributed by atoms with Crippen molar-refractivity contribution >= 4 is 11.6 Å². The topological polar surface area (TPSA) is 33.1 Å². The summed E-state index contributed by atoms with van der Waals surface area (Å²) in [5.41, 5.74) is 1.09. The maximum Gasteiger partial charge on any atom is 0.130 e. The summed E-state index contributed by atoms with van der Waals surface area (Å²) < 4.78 is 2.06. The van der Waals surface area contributed by atoms with E-state index in [4.69, 9.17) is 11.6 Å². The van der Waals surface area contributed by atoms with Crippen molar-refractivity contribution in [1.82, 2.24) is 19.8 Å². The molecule has 2 heterocycles. The molecule has 1 N–H and O–H groups in total. The lowest BCUT2D eigenvalue weighted by molar-refractivity contribution is 0.204. The molecule has 0 saturated carbocycles. The highest BCUT2D eigenvalue weighted by molar-refractivity contribution is 6.31. The van der Waals surface area contributed by atoms with Crippen LogP contribution in [0.3, 0.4) is 0 Å². The van der Waals surface area contributed by atoms with Gasteiger partial charge in [-0.15, -0.1) is 0 Å². The van der Waals surface area contributed by atoms with Crippen LogP contribution in [-0.4, -0.2) is 41.1 Å². The quantitative estimate of drug-likeness (QED) is 0.913. The van der Waals surface area contributed by atoms with E-state index in [-0.39, 0.29) is 6.04 Å². The van der Waals surface area contributed by atoms with Crippen molar-refractivity contribution in [3.05, 3.63) is 53.1 Å². The van der Waals surface area contributed by atoms with Crippen LogP contribution >= 0.6 is 11.6 Å². The van der Waals surface area contributed by atoms with Gasteiger partial charge >= 0.3 is 0 Å². The highest BCUT2D eigenvalue weighted by Crippen LogP contribution is 2.27. The molecule has 0 aliphatic carbocycles. The van der Waals surface area contributed by atoms with Crippen LogP contribution in [0.1, 0.15) is 30.3 Å². The van der Waals surface area contributed by atoms with Crippen molar-refractivity contribution in [1.29, 1.82) is 0 Å². The molecule has 0 radical (unpaired) electrons. The first kappa shape index (κ1) is 16.5. The normalized spacial score (nSPS) is 20.6. The maximum atomic E-state index is 6.45. The molecule has 1 aromatic heterocycles. The molecule has 0 spiro atoms. The molecule has 1 aromatic carbocycles. The molecule has 1 saturated heterocycles. The van der Waals surface area contributed by atoms with E-state index in [2.05, 4.69) is 32.9 Å². The molecule has 1 aliphatic heterocycles. The van der Waals surface area contributed by atoms with Crippen LogP contribution in [0.5, 0.6) is 0 Å². The van der Waals surface area contributed by atoms with E-state index in [0.29, 0.717) is 5.92 Å². The van der Waals surface area contributed by atoms with Crippen LogP contribution in [0.25, 0.3) is 0 Å². The molecule has 3 rings (SSSR count). The van der Waals surface area contributed by atoms with Crippen molar-refractivity contribution in [2.45, 2.75) is 18.9 Å². The van der Waals surface area contributed by atoms with Crippen LogP contribution in [-0.2, 0) is 7.05 Å². The van der Waals surface area contributed by atoms with E-state index >= 15 is 0 Å². The number of rotatable bonds is 5. The molecule has 1 aliphatic rings. The van der Waals surface area contributed by atoms with Gasteiger partial charge in [0.2, 0.25) is 0 Å². The molecule has 1 fully saturated rings. The summed E-state index contributed by atoms with van der Waals surface area (Å²) in [6, 6.07) is 8.06. The smallest absolute Gasteiger partial charge is 0.130 e.